The SMILES string of the molecule is CC[C@@H](C(=O)NC1CCCC1)N(Cc1ccc(Cl)cc1)C(=O)COc1ccccc1OC. The third kappa shape index (κ3) is 6.39. The van der Waals surface area contributed by atoms with Crippen molar-refractivity contribution in [2.24, 2.45) is 0 Å². The summed E-state index contributed by atoms with van der Waals surface area (Å²) in [5, 5.41) is 3.76. The van der Waals surface area contributed by atoms with Crippen molar-refractivity contribution in [1.29, 1.82) is 0 Å². The molecule has 2 aromatic rings. The van der Waals surface area contributed by atoms with Crippen LogP contribution in [-0.4, -0.2) is 42.5 Å². The molecule has 32 heavy (non-hydrogen) atoms. The van der Waals surface area contributed by atoms with Crippen molar-refractivity contribution in [2.75, 3.05) is 13.7 Å². The summed E-state index contributed by atoms with van der Waals surface area (Å²) in [6, 6.07) is 14.1. The van der Waals surface area contributed by atoms with E-state index in [2.05, 4.69) is 5.32 Å². The van der Waals surface area contributed by atoms with Gasteiger partial charge in [-0.15, -0.1) is 0 Å². The van der Waals surface area contributed by atoms with Gasteiger partial charge in [0.1, 0.15) is 6.04 Å². The van der Waals surface area contributed by atoms with Crippen molar-refractivity contribution in [3.05, 3.63) is 59.1 Å². The molecule has 1 aliphatic carbocycles. The van der Waals surface area contributed by atoms with Gasteiger partial charge in [-0.1, -0.05) is 55.6 Å². The van der Waals surface area contributed by atoms with Crippen LogP contribution in [0, 0.1) is 0 Å². The smallest absolute Gasteiger partial charge is 0.261 e. The maximum Gasteiger partial charge on any atom is 0.261 e. The number of methoxy groups -OCH3 is 1. The lowest BCUT2D eigenvalue weighted by Gasteiger charge is -2.31. The number of ether oxygens (including phenoxy) is 2. The monoisotopic (exact) mass is 458 g/mol. The number of hydrogen-bond acceptors (Lipinski definition) is 4. The van der Waals surface area contributed by atoms with Gasteiger partial charge in [-0.2, -0.15) is 0 Å². The highest BCUT2D eigenvalue weighted by Crippen LogP contribution is 2.26. The Labute approximate surface area is 194 Å². The number of carbonyl (C=O) groups is 2. The summed E-state index contributed by atoms with van der Waals surface area (Å²) in [7, 11) is 1.55. The summed E-state index contributed by atoms with van der Waals surface area (Å²) < 4.78 is 11.1. The molecule has 0 spiro atoms. The van der Waals surface area contributed by atoms with Crippen LogP contribution in [-0.2, 0) is 16.1 Å². The van der Waals surface area contributed by atoms with Gasteiger partial charge in [-0.3, -0.25) is 9.59 Å². The first-order valence-corrected chi connectivity index (χ1v) is 11.5. The van der Waals surface area contributed by atoms with Crippen LogP contribution in [0.4, 0.5) is 0 Å². The normalized spacial score (nSPS) is 14.6. The van der Waals surface area contributed by atoms with Crippen molar-refractivity contribution in [3.63, 3.8) is 0 Å². The second-order valence-corrected chi connectivity index (χ2v) is 8.44. The Bertz CT molecular complexity index is 897. The van der Waals surface area contributed by atoms with E-state index in [1.165, 1.54) is 0 Å². The fraction of sp³-hybridized carbons (Fsp3) is 0.440. The van der Waals surface area contributed by atoms with Gasteiger partial charge < -0.3 is 19.7 Å². The van der Waals surface area contributed by atoms with E-state index in [0.29, 0.717) is 29.5 Å². The lowest BCUT2D eigenvalue weighted by atomic mass is 10.1. The van der Waals surface area contributed by atoms with Crippen molar-refractivity contribution in [2.45, 2.75) is 57.7 Å². The Morgan fingerprint density at radius 2 is 1.75 bits per heavy atom. The average molecular weight is 459 g/mol. The third-order valence-electron chi connectivity index (χ3n) is 5.77. The quantitative estimate of drug-likeness (QED) is 0.565. The van der Waals surface area contributed by atoms with E-state index < -0.39 is 6.04 Å². The first kappa shape index (κ1) is 23.9. The zero-order chi connectivity index (χ0) is 22.9. The van der Waals surface area contributed by atoms with Gasteiger partial charge in [0.25, 0.3) is 5.91 Å². The number of halogens is 1. The van der Waals surface area contributed by atoms with Gasteiger partial charge in [0.15, 0.2) is 18.1 Å². The minimum atomic E-state index is -0.583. The Morgan fingerprint density at radius 1 is 1.09 bits per heavy atom. The molecule has 7 heteroatoms. The molecule has 0 unspecified atom stereocenters. The predicted octanol–water partition coefficient (Wildman–Crippen LogP) is 4.59. The molecule has 2 aromatic carbocycles. The second kappa shape index (κ2) is 11.8. The maximum absolute atomic E-state index is 13.3. The van der Waals surface area contributed by atoms with Crippen LogP contribution in [0.15, 0.2) is 48.5 Å². The summed E-state index contributed by atoms with van der Waals surface area (Å²) >= 11 is 6.02. The van der Waals surface area contributed by atoms with E-state index in [4.69, 9.17) is 21.1 Å². The van der Waals surface area contributed by atoms with Crippen LogP contribution in [0.3, 0.4) is 0 Å². The first-order valence-electron chi connectivity index (χ1n) is 11.1. The second-order valence-electron chi connectivity index (χ2n) is 8.00. The Balaban J connectivity index is 1.76. The zero-order valence-corrected chi connectivity index (χ0v) is 19.4. The fourth-order valence-corrected chi connectivity index (χ4v) is 4.16. The molecule has 0 saturated heterocycles. The lowest BCUT2D eigenvalue weighted by molar-refractivity contribution is -0.143. The molecular formula is C25H31ClN2O4. The highest BCUT2D eigenvalue weighted by Gasteiger charge is 2.31. The standard InChI is InChI=1S/C25H31ClN2O4/c1-3-21(25(30)27-20-8-4-5-9-20)28(16-18-12-14-19(26)15-13-18)24(29)17-32-23-11-7-6-10-22(23)31-2/h6-7,10-15,20-21H,3-5,8-9,16-17H2,1-2H3,(H,27,30)/t21-/m0/s1. The molecule has 1 fully saturated rings. The molecule has 0 bridgehead atoms. The Kier molecular flexibility index (Phi) is 8.80. The van der Waals surface area contributed by atoms with E-state index in [9.17, 15) is 9.59 Å². The van der Waals surface area contributed by atoms with E-state index >= 15 is 0 Å². The molecular weight excluding hydrogens is 428 g/mol. The number of amides is 2. The topological polar surface area (TPSA) is 67.9 Å². The molecule has 2 amide bonds. The highest BCUT2D eigenvalue weighted by atomic mass is 35.5. The minimum absolute atomic E-state index is 0.112. The summed E-state index contributed by atoms with van der Waals surface area (Å²) in [5.74, 6) is 0.659. The van der Waals surface area contributed by atoms with E-state index in [0.717, 1.165) is 31.2 Å². The van der Waals surface area contributed by atoms with E-state index in [1.54, 1.807) is 36.3 Å². The van der Waals surface area contributed by atoms with Gasteiger partial charge >= 0.3 is 0 Å². The molecule has 0 radical (unpaired) electrons. The maximum atomic E-state index is 13.3. The molecule has 0 aromatic heterocycles. The minimum Gasteiger partial charge on any atom is -0.493 e. The molecule has 1 saturated carbocycles. The zero-order valence-electron chi connectivity index (χ0n) is 18.7. The molecule has 1 atom stereocenters. The number of carbonyl (C=O) groups excluding carboxylic acids is 2. The molecule has 0 heterocycles. The van der Waals surface area contributed by atoms with Crippen molar-refractivity contribution < 1.29 is 19.1 Å². The molecule has 1 aliphatic rings. The lowest BCUT2D eigenvalue weighted by Crippen LogP contribution is -2.52. The summed E-state index contributed by atoms with van der Waals surface area (Å²) in [5.41, 5.74) is 0.896. The number of rotatable bonds is 10. The fourth-order valence-electron chi connectivity index (χ4n) is 4.03. The molecule has 6 nitrogen and oxygen atoms in total. The number of para-hydroxylation sites is 2. The molecule has 0 aliphatic heterocycles. The van der Waals surface area contributed by atoms with Crippen LogP contribution >= 0.6 is 11.6 Å². The van der Waals surface area contributed by atoms with Crippen LogP contribution in [0.1, 0.15) is 44.6 Å². The number of nitrogens with one attached hydrogen (secondary N) is 1. The van der Waals surface area contributed by atoms with Gasteiger partial charge in [0, 0.05) is 17.6 Å². The molecule has 1 N–H and O–H groups in total. The first-order chi connectivity index (χ1) is 15.5. The van der Waals surface area contributed by atoms with Gasteiger partial charge in [-0.25, -0.2) is 0 Å². The number of nitrogens with zero attached hydrogens (tertiary/aromatic N) is 1. The van der Waals surface area contributed by atoms with Crippen molar-refractivity contribution >= 4 is 23.4 Å². The predicted molar refractivity (Wildman–Crippen MR) is 125 cm³/mol. The van der Waals surface area contributed by atoms with E-state index in [1.807, 2.05) is 31.2 Å². The van der Waals surface area contributed by atoms with Crippen molar-refractivity contribution in [1.82, 2.24) is 10.2 Å². The Morgan fingerprint density at radius 3 is 2.38 bits per heavy atom. The van der Waals surface area contributed by atoms with Crippen LogP contribution in [0.2, 0.25) is 5.02 Å². The number of benzene rings is 2. The van der Waals surface area contributed by atoms with Crippen LogP contribution < -0.4 is 14.8 Å². The average Bonchev–Trinajstić information content (AvgIpc) is 3.31. The largest absolute Gasteiger partial charge is 0.493 e. The third-order valence-corrected chi connectivity index (χ3v) is 6.03. The van der Waals surface area contributed by atoms with Gasteiger partial charge in [0.2, 0.25) is 5.91 Å². The summed E-state index contributed by atoms with van der Waals surface area (Å²) in [4.78, 5) is 28.0. The van der Waals surface area contributed by atoms with Gasteiger partial charge in [0.05, 0.1) is 7.11 Å². The Hall–Kier alpha value is -2.73. The van der Waals surface area contributed by atoms with Gasteiger partial charge in [-0.05, 0) is 49.1 Å². The summed E-state index contributed by atoms with van der Waals surface area (Å²) in [6.45, 7) is 2.02. The van der Waals surface area contributed by atoms with Crippen molar-refractivity contribution in [3.8, 4) is 11.5 Å². The van der Waals surface area contributed by atoms with Crippen LogP contribution in [0.5, 0.6) is 11.5 Å². The number of hydrogen-bond donors (Lipinski definition) is 1. The molecule has 3 rings (SSSR count). The molecule has 172 valence electrons. The van der Waals surface area contributed by atoms with Crippen LogP contribution in [0.25, 0.3) is 0 Å². The van der Waals surface area contributed by atoms with E-state index in [-0.39, 0.29) is 24.5 Å². The highest BCUT2D eigenvalue weighted by molar-refractivity contribution is 6.30. The summed E-state index contributed by atoms with van der Waals surface area (Å²) in [6.07, 6.45) is 4.74.